The van der Waals surface area contributed by atoms with Gasteiger partial charge in [-0.2, -0.15) is 4.72 Å². The van der Waals surface area contributed by atoms with Gasteiger partial charge in [0.1, 0.15) is 12.2 Å². The van der Waals surface area contributed by atoms with Gasteiger partial charge < -0.3 is 18.8 Å². The Morgan fingerprint density at radius 2 is 1.86 bits per heavy atom. The lowest BCUT2D eigenvalue weighted by atomic mass is 10.1. The normalized spacial score (nSPS) is 22.2. The number of aromatic nitrogens is 4. The fourth-order valence-electron chi connectivity index (χ4n) is 4.21. The van der Waals surface area contributed by atoms with Gasteiger partial charge in [-0.15, -0.1) is 0 Å². The molecule has 1 N–H and O–H groups in total. The first kappa shape index (κ1) is 25.8. The molecule has 1 aromatic carbocycles. The van der Waals surface area contributed by atoms with Crippen molar-refractivity contribution in [1.29, 1.82) is 0 Å². The van der Waals surface area contributed by atoms with Gasteiger partial charge in [-0.1, -0.05) is 30.3 Å². The van der Waals surface area contributed by atoms with Crippen LogP contribution in [0.25, 0.3) is 11.2 Å². The number of ether oxygens (including phenoxy) is 3. The summed E-state index contributed by atoms with van der Waals surface area (Å²) in [7, 11) is -0.661. The van der Waals surface area contributed by atoms with Gasteiger partial charge in [0.05, 0.1) is 25.7 Å². The zero-order chi connectivity index (χ0) is 26.2. The molecule has 1 unspecified atom stereocenters. The van der Waals surface area contributed by atoms with Crippen molar-refractivity contribution in [3.8, 4) is 0 Å². The first-order valence-corrected chi connectivity index (χ1v) is 12.9. The fourth-order valence-corrected chi connectivity index (χ4v) is 4.82. The SMILES string of the molecule is CC(=O)O[C@H]1C(NS(C)(=O)=O)O[C@H](Cn2c(=O)c3c(ncn3C)n(C)c2=O)[C@@H]1OCc1ccccc1. The molecule has 1 fully saturated rings. The predicted molar refractivity (Wildman–Crippen MR) is 127 cm³/mol. The number of nitrogens with zero attached hydrogens (tertiary/aromatic N) is 4. The zero-order valence-electron chi connectivity index (χ0n) is 20.2. The molecule has 1 aliphatic heterocycles. The average Bonchev–Trinajstić information content (AvgIpc) is 3.33. The molecule has 2 aromatic heterocycles. The molecule has 0 aliphatic carbocycles. The lowest BCUT2D eigenvalue weighted by molar-refractivity contribution is -0.155. The third-order valence-electron chi connectivity index (χ3n) is 5.79. The zero-order valence-corrected chi connectivity index (χ0v) is 21.0. The number of carbonyl (C=O) groups is 1. The second-order valence-electron chi connectivity index (χ2n) is 8.61. The summed E-state index contributed by atoms with van der Waals surface area (Å²) in [5.74, 6) is -0.678. The van der Waals surface area contributed by atoms with E-state index in [2.05, 4.69) is 9.71 Å². The third kappa shape index (κ3) is 5.26. The highest BCUT2D eigenvalue weighted by Crippen LogP contribution is 2.28. The predicted octanol–water partition coefficient (Wildman–Crippen LogP) is -0.775. The minimum atomic E-state index is -3.78. The topological polar surface area (TPSA) is 153 Å². The molecule has 0 spiro atoms. The highest BCUT2D eigenvalue weighted by Gasteiger charge is 2.49. The van der Waals surface area contributed by atoms with Crippen molar-refractivity contribution in [2.45, 2.75) is 44.6 Å². The summed E-state index contributed by atoms with van der Waals surface area (Å²) in [5, 5.41) is 0. The molecule has 14 heteroatoms. The van der Waals surface area contributed by atoms with E-state index in [4.69, 9.17) is 14.2 Å². The van der Waals surface area contributed by atoms with Crippen LogP contribution < -0.4 is 16.0 Å². The maximum absolute atomic E-state index is 13.2. The summed E-state index contributed by atoms with van der Waals surface area (Å²) in [6.45, 7) is 0.976. The molecule has 4 rings (SSSR count). The second kappa shape index (κ2) is 9.97. The van der Waals surface area contributed by atoms with Crippen molar-refractivity contribution in [3.05, 3.63) is 63.1 Å². The van der Waals surface area contributed by atoms with E-state index in [0.29, 0.717) is 0 Å². The number of hydrogen-bond donors (Lipinski definition) is 1. The number of fused-ring (bicyclic) bond motifs is 1. The molecule has 13 nitrogen and oxygen atoms in total. The molecule has 36 heavy (non-hydrogen) atoms. The van der Waals surface area contributed by atoms with Crippen LogP contribution >= 0.6 is 0 Å². The van der Waals surface area contributed by atoms with E-state index in [0.717, 1.165) is 16.4 Å². The lowest BCUT2D eigenvalue weighted by Gasteiger charge is -2.24. The molecule has 0 radical (unpaired) electrons. The Morgan fingerprint density at radius 3 is 2.50 bits per heavy atom. The van der Waals surface area contributed by atoms with Gasteiger partial charge in [0.15, 0.2) is 23.5 Å². The van der Waals surface area contributed by atoms with E-state index in [1.54, 1.807) is 7.05 Å². The van der Waals surface area contributed by atoms with Gasteiger partial charge in [-0.05, 0) is 5.56 Å². The number of esters is 1. The van der Waals surface area contributed by atoms with Gasteiger partial charge in [0, 0.05) is 21.0 Å². The third-order valence-corrected chi connectivity index (χ3v) is 6.45. The minimum absolute atomic E-state index is 0.0857. The average molecular weight is 522 g/mol. The van der Waals surface area contributed by atoms with Gasteiger partial charge >= 0.3 is 11.7 Å². The fraction of sp³-hybridized carbons (Fsp3) is 0.455. The summed E-state index contributed by atoms with van der Waals surface area (Å²) in [4.78, 5) is 42.2. The number of hydrogen-bond acceptors (Lipinski definition) is 9. The van der Waals surface area contributed by atoms with Crippen molar-refractivity contribution in [2.24, 2.45) is 14.1 Å². The highest BCUT2D eigenvalue weighted by atomic mass is 32.2. The van der Waals surface area contributed by atoms with Crippen LogP contribution in [0.15, 0.2) is 46.2 Å². The minimum Gasteiger partial charge on any atom is -0.455 e. The standard InChI is InChI=1S/C22H27N5O8S/c1-13(28)34-18-17(33-11-14-8-6-5-7-9-14)15(35-20(18)24-36(4,31)32)10-27-21(29)16-19(23-12-25(16)2)26(3)22(27)30/h5-9,12,15,17-18,20,24H,10-11H2,1-4H3/t15-,17+,18-,20?/m1/s1. The summed E-state index contributed by atoms with van der Waals surface area (Å²) in [6.07, 6.45) is -2.14. The van der Waals surface area contributed by atoms with E-state index < -0.39 is 51.8 Å². The molecular weight excluding hydrogens is 494 g/mol. The Morgan fingerprint density at radius 1 is 1.17 bits per heavy atom. The molecule has 4 atom stereocenters. The number of nitrogens with one attached hydrogen (secondary N) is 1. The van der Waals surface area contributed by atoms with Crippen LogP contribution in [-0.2, 0) is 56.3 Å². The van der Waals surface area contributed by atoms with Crippen LogP contribution in [0.3, 0.4) is 0 Å². The summed E-state index contributed by atoms with van der Waals surface area (Å²) < 4.78 is 47.4. The number of carbonyl (C=O) groups excluding carboxylic acids is 1. The van der Waals surface area contributed by atoms with Gasteiger partial charge in [0.25, 0.3) is 5.56 Å². The Bertz CT molecular complexity index is 1490. The number of rotatable bonds is 8. The van der Waals surface area contributed by atoms with Gasteiger partial charge in [0.2, 0.25) is 10.0 Å². The monoisotopic (exact) mass is 521 g/mol. The van der Waals surface area contributed by atoms with Crippen LogP contribution in [-0.4, -0.2) is 63.9 Å². The van der Waals surface area contributed by atoms with E-state index in [1.165, 1.54) is 29.4 Å². The Labute approximate surface area is 206 Å². The maximum atomic E-state index is 13.2. The van der Waals surface area contributed by atoms with Gasteiger partial charge in [-0.25, -0.2) is 18.2 Å². The quantitative estimate of drug-likeness (QED) is 0.376. The Kier molecular flexibility index (Phi) is 7.13. The van der Waals surface area contributed by atoms with E-state index in [-0.39, 0.29) is 24.3 Å². The maximum Gasteiger partial charge on any atom is 0.332 e. The van der Waals surface area contributed by atoms with E-state index in [9.17, 15) is 22.8 Å². The smallest absolute Gasteiger partial charge is 0.332 e. The molecule has 0 bridgehead atoms. The van der Waals surface area contributed by atoms with Crippen LogP contribution in [0.4, 0.5) is 0 Å². The van der Waals surface area contributed by atoms with Crippen molar-refractivity contribution in [1.82, 2.24) is 23.4 Å². The summed E-state index contributed by atoms with van der Waals surface area (Å²) in [6, 6.07) is 9.15. The van der Waals surface area contributed by atoms with Gasteiger partial charge in [-0.3, -0.25) is 18.7 Å². The van der Waals surface area contributed by atoms with Crippen LogP contribution in [0.2, 0.25) is 0 Å². The largest absolute Gasteiger partial charge is 0.455 e. The molecule has 1 aliphatic rings. The van der Waals surface area contributed by atoms with E-state index in [1.807, 2.05) is 30.3 Å². The highest BCUT2D eigenvalue weighted by molar-refractivity contribution is 7.88. The number of benzene rings is 1. The number of aryl methyl sites for hydroxylation is 2. The number of sulfonamides is 1. The second-order valence-corrected chi connectivity index (χ2v) is 10.4. The van der Waals surface area contributed by atoms with Crippen molar-refractivity contribution >= 4 is 27.2 Å². The Balaban J connectivity index is 1.74. The first-order chi connectivity index (χ1) is 17.0. The van der Waals surface area contributed by atoms with Crippen molar-refractivity contribution in [3.63, 3.8) is 0 Å². The van der Waals surface area contributed by atoms with Crippen LogP contribution in [0.5, 0.6) is 0 Å². The Hall–Kier alpha value is -3.33. The lowest BCUT2D eigenvalue weighted by Crippen LogP contribution is -2.47. The van der Waals surface area contributed by atoms with Crippen molar-refractivity contribution in [2.75, 3.05) is 6.26 Å². The first-order valence-electron chi connectivity index (χ1n) is 11.0. The van der Waals surface area contributed by atoms with Crippen LogP contribution in [0.1, 0.15) is 12.5 Å². The molecule has 1 saturated heterocycles. The molecule has 0 saturated carbocycles. The summed E-state index contributed by atoms with van der Waals surface area (Å²) >= 11 is 0. The molecule has 3 heterocycles. The number of imidazole rings is 1. The molecular formula is C22H27N5O8S. The van der Waals surface area contributed by atoms with Crippen molar-refractivity contribution < 1.29 is 27.4 Å². The van der Waals surface area contributed by atoms with E-state index >= 15 is 0 Å². The molecule has 194 valence electrons. The molecule has 0 amide bonds. The summed E-state index contributed by atoms with van der Waals surface area (Å²) in [5.41, 5.74) is 0.00513. The molecule has 3 aromatic rings. The van der Waals surface area contributed by atoms with Crippen LogP contribution in [0, 0.1) is 0 Å².